The van der Waals surface area contributed by atoms with Gasteiger partial charge in [0.05, 0.1) is 0 Å². The summed E-state index contributed by atoms with van der Waals surface area (Å²) in [5.41, 5.74) is 1.94. The van der Waals surface area contributed by atoms with Gasteiger partial charge in [-0.2, -0.15) is 0 Å². The lowest BCUT2D eigenvalue weighted by Crippen LogP contribution is -2.42. The second-order valence-electron chi connectivity index (χ2n) is 7.40. The Morgan fingerprint density at radius 1 is 1.07 bits per heavy atom. The summed E-state index contributed by atoms with van der Waals surface area (Å²) in [7, 11) is 0. The van der Waals surface area contributed by atoms with Crippen molar-refractivity contribution in [3.63, 3.8) is 0 Å². The molecule has 6 nitrogen and oxygen atoms in total. The Hall–Kier alpha value is -3.02. The molecule has 0 unspecified atom stereocenters. The fraction of sp³-hybridized carbons (Fsp3) is 0.333. The van der Waals surface area contributed by atoms with Crippen LogP contribution in [0.25, 0.3) is 0 Å². The van der Waals surface area contributed by atoms with Crippen LogP contribution in [0.15, 0.2) is 48.5 Å². The molecule has 0 saturated carbocycles. The molecule has 144 valence electrons. The highest BCUT2D eigenvalue weighted by atomic mass is 16.5. The summed E-state index contributed by atoms with van der Waals surface area (Å²) in [6, 6.07) is 13.0. The Kier molecular flexibility index (Phi) is 6.45. The van der Waals surface area contributed by atoms with Crippen LogP contribution >= 0.6 is 0 Å². The fourth-order valence-electron chi connectivity index (χ4n) is 2.65. The summed E-state index contributed by atoms with van der Waals surface area (Å²) in [6.45, 7) is 5.94. The average molecular weight is 371 g/mol. The smallest absolute Gasteiger partial charge is 0.408 e. The SMILES string of the molecule is CC(C)(C)c1cc(C[C@H](NC(=O)OCc2ccccc2)C(=O)O)ccc1O. The van der Waals surface area contributed by atoms with Gasteiger partial charge in [0.1, 0.15) is 18.4 Å². The molecule has 3 N–H and O–H groups in total. The van der Waals surface area contributed by atoms with E-state index >= 15 is 0 Å². The van der Waals surface area contributed by atoms with E-state index in [1.807, 2.05) is 51.1 Å². The Labute approximate surface area is 158 Å². The number of carboxylic acid groups (broad SMARTS) is 1. The second-order valence-corrected chi connectivity index (χ2v) is 7.40. The molecular weight excluding hydrogens is 346 g/mol. The highest BCUT2D eigenvalue weighted by molar-refractivity contribution is 5.80. The lowest BCUT2D eigenvalue weighted by Gasteiger charge is -2.22. The first-order valence-electron chi connectivity index (χ1n) is 8.69. The lowest BCUT2D eigenvalue weighted by molar-refractivity contribution is -0.139. The molecular formula is C21H25NO5. The molecule has 0 aromatic heterocycles. The van der Waals surface area contributed by atoms with Crippen LogP contribution in [-0.2, 0) is 28.0 Å². The first-order valence-corrected chi connectivity index (χ1v) is 8.69. The van der Waals surface area contributed by atoms with Gasteiger partial charge in [-0.25, -0.2) is 9.59 Å². The van der Waals surface area contributed by atoms with Gasteiger partial charge in [-0.15, -0.1) is 0 Å². The van der Waals surface area contributed by atoms with Gasteiger partial charge in [-0.05, 0) is 28.2 Å². The zero-order valence-electron chi connectivity index (χ0n) is 15.7. The number of benzene rings is 2. The van der Waals surface area contributed by atoms with Gasteiger partial charge < -0.3 is 20.3 Å². The summed E-state index contributed by atoms with van der Waals surface area (Å²) in [5.74, 6) is -0.995. The van der Waals surface area contributed by atoms with Crippen molar-refractivity contribution in [2.24, 2.45) is 0 Å². The van der Waals surface area contributed by atoms with Crippen molar-refractivity contribution in [3.05, 3.63) is 65.2 Å². The van der Waals surface area contributed by atoms with Crippen LogP contribution in [0.2, 0.25) is 0 Å². The maximum atomic E-state index is 12.0. The van der Waals surface area contributed by atoms with Crippen molar-refractivity contribution >= 4 is 12.1 Å². The predicted octanol–water partition coefficient (Wildman–Crippen LogP) is 3.61. The van der Waals surface area contributed by atoms with E-state index in [1.165, 1.54) is 0 Å². The number of carbonyl (C=O) groups excluding carboxylic acids is 1. The van der Waals surface area contributed by atoms with Crippen molar-refractivity contribution in [2.45, 2.75) is 45.3 Å². The Morgan fingerprint density at radius 3 is 2.33 bits per heavy atom. The van der Waals surface area contributed by atoms with E-state index < -0.39 is 18.1 Å². The topological polar surface area (TPSA) is 95.9 Å². The largest absolute Gasteiger partial charge is 0.508 e. The van der Waals surface area contributed by atoms with Crippen molar-refractivity contribution in [3.8, 4) is 5.75 Å². The van der Waals surface area contributed by atoms with E-state index in [4.69, 9.17) is 4.74 Å². The number of ether oxygens (including phenoxy) is 1. The van der Waals surface area contributed by atoms with Gasteiger partial charge in [0, 0.05) is 6.42 Å². The Balaban J connectivity index is 2.03. The van der Waals surface area contributed by atoms with E-state index in [2.05, 4.69) is 5.32 Å². The monoisotopic (exact) mass is 371 g/mol. The van der Waals surface area contributed by atoms with Gasteiger partial charge in [-0.3, -0.25) is 0 Å². The molecule has 0 heterocycles. The van der Waals surface area contributed by atoms with E-state index in [0.29, 0.717) is 5.56 Å². The van der Waals surface area contributed by atoms with Crippen LogP contribution in [0.5, 0.6) is 5.75 Å². The molecule has 0 aliphatic carbocycles. The van der Waals surface area contributed by atoms with Crippen LogP contribution < -0.4 is 5.32 Å². The number of hydrogen-bond acceptors (Lipinski definition) is 4. The molecule has 0 radical (unpaired) electrons. The molecule has 1 amide bonds. The number of amides is 1. The van der Waals surface area contributed by atoms with Gasteiger partial charge in [0.2, 0.25) is 0 Å². The van der Waals surface area contributed by atoms with Crippen LogP contribution in [0.4, 0.5) is 4.79 Å². The van der Waals surface area contributed by atoms with Crippen molar-refractivity contribution in [2.75, 3.05) is 0 Å². The fourth-order valence-corrected chi connectivity index (χ4v) is 2.65. The second kappa shape index (κ2) is 8.58. The third-order valence-electron chi connectivity index (χ3n) is 4.11. The van der Waals surface area contributed by atoms with Gasteiger partial charge >= 0.3 is 12.1 Å². The predicted molar refractivity (Wildman–Crippen MR) is 102 cm³/mol. The number of carboxylic acids is 1. The number of aliphatic carboxylic acids is 1. The average Bonchev–Trinajstić information content (AvgIpc) is 2.60. The van der Waals surface area contributed by atoms with Crippen LogP contribution in [0, 0.1) is 0 Å². The maximum absolute atomic E-state index is 12.0. The van der Waals surface area contributed by atoms with Gasteiger partial charge in [0.25, 0.3) is 0 Å². The number of alkyl carbamates (subject to hydrolysis) is 1. The van der Waals surface area contributed by atoms with Crippen LogP contribution in [0.1, 0.15) is 37.5 Å². The highest BCUT2D eigenvalue weighted by Crippen LogP contribution is 2.31. The molecule has 1 atom stereocenters. The van der Waals surface area contributed by atoms with E-state index in [0.717, 1.165) is 11.1 Å². The minimum absolute atomic E-state index is 0.0619. The van der Waals surface area contributed by atoms with Crippen LogP contribution in [-0.4, -0.2) is 28.3 Å². The lowest BCUT2D eigenvalue weighted by atomic mass is 9.85. The number of rotatable bonds is 6. The molecule has 2 aromatic rings. The quantitative estimate of drug-likeness (QED) is 0.721. The zero-order valence-corrected chi connectivity index (χ0v) is 15.7. The standard InChI is InChI=1S/C21H25NO5/c1-21(2,3)16-11-15(9-10-18(16)23)12-17(19(24)25)22-20(26)27-13-14-7-5-4-6-8-14/h4-11,17,23H,12-13H2,1-3H3,(H,22,26)(H,24,25)/t17-/m0/s1. The van der Waals surface area contributed by atoms with E-state index in [-0.39, 0.29) is 24.2 Å². The third kappa shape index (κ3) is 6.02. The number of aromatic hydroxyl groups is 1. The van der Waals surface area contributed by atoms with Crippen molar-refractivity contribution in [1.29, 1.82) is 0 Å². The molecule has 0 aliphatic rings. The molecule has 0 bridgehead atoms. The highest BCUT2D eigenvalue weighted by Gasteiger charge is 2.23. The first-order chi connectivity index (χ1) is 12.7. The molecule has 0 fully saturated rings. The van der Waals surface area contributed by atoms with Crippen molar-refractivity contribution < 1.29 is 24.5 Å². The maximum Gasteiger partial charge on any atom is 0.408 e. The molecule has 2 aromatic carbocycles. The van der Waals surface area contributed by atoms with Gasteiger partial charge in [0.15, 0.2) is 0 Å². The minimum atomic E-state index is -1.16. The van der Waals surface area contributed by atoms with Crippen molar-refractivity contribution in [1.82, 2.24) is 5.32 Å². The number of phenols is 1. The summed E-state index contributed by atoms with van der Waals surface area (Å²) in [5, 5.41) is 21.8. The molecule has 0 saturated heterocycles. The number of hydrogen-bond donors (Lipinski definition) is 3. The number of nitrogens with one attached hydrogen (secondary N) is 1. The molecule has 6 heteroatoms. The Bertz CT molecular complexity index is 796. The zero-order chi connectivity index (χ0) is 20.0. The van der Waals surface area contributed by atoms with Gasteiger partial charge in [-0.1, -0.05) is 63.2 Å². The first kappa shape index (κ1) is 20.3. The molecule has 27 heavy (non-hydrogen) atoms. The third-order valence-corrected chi connectivity index (χ3v) is 4.11. The molecule has 0 aliphatic heterocycles. The number of carbonyl (C=O) groups is 2. The van der Waals surface area contributed by atoms with Crippen LogP contribution in [0.3, 0.4) is 0 Å². The summed E-state index contributed by atoms with van der Waals surface area (Å²) >= 11 is 0. The molecule has 2 rings (SSSR count). The van der Waals surface area contributed by atoms with E-state index in [1.54, 1.807) is 18.2 Å². The summed E-state index contributed by atoms with van der Waals surface area (Å²) in [6.07, 6.45) is -0.708. The number of phenolic OH excluding ortho intramolecular Hbond substituents is 1. The summed E-state index contributed by atoms with van der Waals surface area (Å²) < 4.78 is 5.09. The summed E-state index contributed by atoms with van der Waals surface area (Å²) in [4.78, 5) is 23.5. The van der Waals surface area contributed by atoms with E-state index in [9.17, 15) is 19.8 Å². The Morgan fingerprint density at radius 2 is 1.74 bits per heavy atom. The normalized spacial score (nSPS) is 12.3. The minimum Gasteiger partial charge on any atom is -0.508 e. The molecule has 0 spiro atoms.